The Morgan fingerprint density at radius 1 is 1.07 bits per heavy atom. The zero-order valence-corrected chi connectivity index (χ0v) is 15.5. The smallest absolute Gasteiger partial charge is 0.236 e. The highest BCUT2D eigenvalue weighted by molar-refractivity contribution is 6.07. The van der Waals surface area contributed by atoms with Crippen molar-refractivity contribution in [2.45, 2.75) is 25.8 Å². The third-order valence-corrected chi connectivity index (χ3v) is 4.77. The molecule has 144 valence electrons. The number of carbonyl (C=O) groups excluding carboxylic acids is 2. The number of hydrogen-bond acceptors (Lipinski definition) is 5. The molecule has 0 spiro atoms. The van der Waals surface area contributed by atoms with Gasteiger partial charge in [-0.2, -0.15) is 0 Å². The lowest BCUT2D eigenvalue weighted by molar-refractivity contribution is -0.137. The van der Waals surface area contributed by atoms with E-state index in [1.165, 1.54) is 0 Å². The molecule has 27 heavy (non-hydrogen) atoms. The van der Waals surface area contributed by atoms with Crippen molar-refractivity contribution >= 4 is 11.8 Å². The molecule has 7 heteroatoms. The molecule has 1 aliphatic carbocycles. The normalized spacial score (nSPS) is 14.3. The van der Waals surface area contributed by atoms with Crippen LogP contribution in [0.2, 0.25) is 0 Å². The van der Waals surface area contributed by atoms with Crippen molar-refractivity contribution in [3.63, 3.8) is 0 Å². The van der Waals surface area contributed by atoms with Crippen LogP contribution >= 0.6 is 0 Å². The predicted molar refractivity (Wildman–Crippen MR) is 98.5 cm³/mol. The third kappa shape index (κ3) is 4.24. The number of carbonyl (C=O) groups is 2. The number of ether oxygens (including phenoxy) is 2. The molecule has 2 N–H and O–H groups in total. The van der Waals surface area contributed by atoms with Crippen LogP contribution in [0.25, 0.3) is 0 Å². The van der Waals surface area contributed by atoms with E-state index in [4.69, 9.17) is 13.9 Å². The predicted octanol–water partition coefficient (Wildman–Crippen LogP) is 2.05. The summed E-state index contributed by atoms with van der Waals surface area (Å²) in [7, 11) is 3.17. The number of nitrogens with one attached hydrogen (secondary N) is 2. The summed E-state index contributed by atoms with van der Waals surface area (Å²) in [5, 5.41) is 5.66. The number of benzene rings is 1. The molecule has 0 aliphatic heterocycles. The van der Waals surface area contributed by atoms with Crippen LogP contribution in [0.15, 0.2) is 41.0 Å². The molecule has 3 rings (SSSR count). The van der Waals surface area contributed by atoms with Gasteiger partial charge in [0.15, 0.2) is 11.5 Å². The van der Waals surface area contributed by atoms with Crippen LogP contribution in [0.1, 0.15) is 24.2 Å². The van der Waals surface area contributed by atoms with E-state index < -0.39 is 5.41 Å². The van der Waals surface area contributed by atoms with E-state index in [1.54, 1.807) is 32.6 Å². The van der Waals surface area contributed by atoms with Gasteiger partial charge in [-0.1, -0.05) is 6.07 Å². The lowest BCUT2D eigenvalue weighted by Crippen LogP contribution is -2.43. The molecule has 1 fully saturated rings. The number of amides is 2. The maximum absolute atomic E-state index is 12.5. The molecule has 1 heterocycles. The summed E-state index contributed by atoms with van der Waals surface area (Å²) < 4.78 is 15.7. The monoisotopic (exact) mass is 372 g/mol. The molecule has 0 radical (unpaired) electrons. The Kier molecular flexibility index (Phi) is 5.69. The van der Waals surface area contributed by atoms with E-state index in [9.17, 15) is 9.59 Å². The maximum Gasteiger partial charge on any atom is 0.236 e. The number of methoxy groups -OCH3 is 2. The lowest BCUT2D eigenvalue weighted by atomic mass is 10.0. The third-order valence-electron chi connectivity index (χ3n) is 4.77. The number of rotatable bonds is 9. The fourth-order valence-corrected chi connectivity index (χ4v) is 2.96. The van der Waals surface area contributed by atoms with Crippen molar-refractivity contribution in [3.8, 4) is 11.5 Å². The molecule has 1 saturated carbocycles. The Morgan fingerprint density at radius 2 is 1.81 bits per heavy atom. The van der Waals surface area contributed by atoms with Gasteiger partial charge >= 0.3 is 0 Å². The van der Waals surface area contributed by atoms with Crippen molar-refractivity contribution in [3.05, 3.63) is 47.9 Å². The first-order chi connectivity index (χ1) is 13.1. The molecule has 7 nitrogen and oxygen atoms in total. The highest BCUT2D eigenvalue weighted by Gasteiger charge is 2.56. The summed E-state index contributed by atoms with van der Waals surface area (Å²) in [6, 6.07) is 9.18. The van der Waals surface area contributed by atoms with E-state index in [0.717, 1.165) is 5.56 Å². The fraction of sp³-hybridized carbons (Fsp3) is 0.400. The SMILES string of the molecule is COc1ccc(CCNC(=O)C2(C(=O)NCc3ccco3)CC2)cc1OC. The molecular formula is C20H24N2O5. The molecule has 2 aromatic rings. The van der Waals surface area contributed by atoms with Gasteiger partial charge in [0.25, 0.3) is 0 Å². The molecule has 1 aromatic heterocycles. The summed E-state index contributed by atoms with van der Waals surface area (Å²) >= 11 is 0. The van der Waals surface area contributed by atoms with Crippen molar-refractivity contribution in [1.29, 1.82) is 0 Å². The van der Waals surface area contributed by atoms with Gasteiger partial charge in [0, 0.05) is 6.54 Å². The summed E-state index contributed by atoms with van der Waals surface area (Å²) in [5.74, 6) is 1.50. The summed E-state index contributed by atoms with van der Waals surface area (Å²) in [4.78, 5) is 24.9. The fourth-order valence-electron chi connectivity index (χ4n) is 2.96. The van der Waals surface area contributed by atoms with E-state index in [-0.39, 0.29) is 18.4 Å². The minimum absolute atomic E-state index is 0.222. The highest BCUT2D eigenvalue weighted by atomic mass is 16.5. The topological polar surface area (TPSA) is 89.8 Å². The van der Waals surface area contributed by atoms with Crippen LogP contribution in [0.4, 0.5) is 0 Å². The molecular weight excluding hydrogens is 348 g/mol. The molecule has 2 amide bonds. The highest BCUT2D eigenvalue weighted by Crippen LogP contribution is 2.46. The summed E-state index contributed by atoms with van der Waals surface area (Å²) in [5.41, 5.74) is 0.0737. The first-order valence-electron chi connectivity index (χ1n) is 8.89. The van der Waals surface area contributed by atoms with Gasteiger partial charge in [0.1, 0.15) is 11.2 Å². The minimum Gasteiger partial charge on any atom is -0.493 e. The van der Waals surface area contributed by atoms with E-state index >= 15 is 0 Å². The molecule has 0 atom stereocenters. The number of hydrogen-bond donors (Lipinski definition) is 2. The largest absolute Gasteiger partial charge is 0.493 e. The second kappa shape index (κ2) is 8.16. The Hall–Kier alpha value is -2.96. The second-order valence-corrected chi connectivity index (χ2v) is 6.54. The van der Waals surface area contributed by atoms with E-state index in [0.29, 0.717) is 43.1 Å². The standard InChI is InChI=1S/C20H24N2O5/c1-25-16-6-5-14(12-17(16)26-2)7-10-21-18(23)20(8-9-20)19(24)22-13-15-4-3-11-27-15/h3-6,11-12H,7-10,13H2,1-2H3,(H,21,23)(H,22,24). The van der Waals surface area contributed by atoms with Crippen molar-refractivity contribution in [2.75, 3.05) is 20.8 Å². The molecule has 0 bridgehead atoms. The van der Waals surface area contributed by atoms with E-state index in [2.05, 4.69) is 10.6 Å². The maximum atomic E-state index is 12.5. The first kappa shape index (κ1) is 18.8. The van der Waals surface area contributed by atoms with Crippen molar-refractivity contribution in [1.82, 2.24) is 10.6 Å². The van der Waals surface area contributed by atoms with Crippen LogP contribution in [0, 0.1) is 5.41 Å². The van der Waals surface area contributed by atoms with Crippen LogP contribution in [-0.4, -0.2) is 32.6 Å². The van der Waals surface area contributed by atoms with Crippen LogP contribution < -0.4 is 20.1 Å². The second-order valence-electron chi connectivity index (χ2n) is 6.54. The Balaban J connectivity index is 1.49. The van der Waals surface area contributed by atoms with Crippen molar-refractivity contribution < 1.29 is 23.5 Å². The quantitative estimate of drug-likeness (QED) is 0.658. The summed E-state index contributed by atoms with van der Waals surface area (Å²) in [6.45, 7) is 0.730. The Bertz CT molecular complexity index is 797. The molecule has 1 aromatic carbocycles. The van der Waals surface area contributed by atoms with Crippen LogP contribution in [0.5, 0.6) is 11.5 Å². The van der Waals surface area contributed by atoms with Gasteiger partial charge in [-0.15, -0.1) is 0 Å². The van der Waals surface area contributed by atoms with Crippen LogP contribution in [-0.2, 0) is 22.6 Å². The Morgan fingerprint density at radius 3 is 2.44 bits per heavy atom. The average Bonchev–Trinajstić information content (AvgIpc) is 3.35. The molecule has 0 unspecified atom stereocenters. The van der Waals surface area contributed by atoms with Gasteiger partial charge in [-0.25, -0.2) is 0 Å². The van der Waals surface area contributed by atoms with Crippen LogP contribution in [0.3, 0.4) is 0 Å². The van der Waals surface area contributed by atoms with E-state index in [1.807, 2.05) is 18.2 Å². The number of furan rings is 1. The average molecular weight is 372 g/mol. The zero-order valence-electron chi connectivity index (χ0n) is 15.5. The van der Waals surface area contributed by atoms with Gasteiger partial charge in [0.2, 0.25) is 11.8 Å². The van der Waals surface area contributed by atoms with Gasteiger partial charge < -0.3 is 24.5 Å². The van der Waals surface area contributed by atoms with Gasteiger partial charge in [-0.3, -0.25) is 9.59 Å². The Labute approximate surface area is 158 Å². The van der Waals surface area contributed by atoms with Gasteiger partial charge in [0.05, 0.1) is 27.0 Å². The van der Waals surface area contributed by atoms with Crippen molar-refractivity contribution in [2.24, 2.45) is 5.41 Å². The zero-order chi connectivity index (χ0) is 19.3. The minimum atomic E-state index is -0.940. The first-order valence-corrected chi connectivity index (χ1v) is 8.89. The lowest BCUT2D eigenvalue weighted by Gasteiger charge is -2.15. The summed E-state index contributed by atoms with van der Waals surface area (Å²) in [6.07, 6.45) is 3.32. The molecule has 1 aliphatic rings. The van der Waals surface area contributed by atoms with Gasteiger partial charge in [-0.05, 0) is 49.1 Å². The molecule has 0 saturated heterocycles.